The van der Waals surface area contributed by atoms with E-state index in [0.717, 1.165) is 0 Å². The lowest BCUT2D eigenvalue weighted by atomic mass is 10.2. The molecule has 21 heavy (non-hydrogen) atoms. The second-order valence-electron chi connectivity index (χ2n) is 6.59. The van der Waals surface area contributed by atoms with Crippen molar-refractivity contribution in [2.24, 2.45) is 0 Å². The zero-order chi connectivity index (χ0) is 16.7. The van der Waals surface area contributed by atoms with E-state index in [1.807, 2.05) is 6.07 Å². The van der Waals surface area contributed by atoms with Crippen LogP contribution in [0, 0.1) is 11.3 Å². The highest BCUT2D eigenvalue weighted by molar-refractivity contribution is 5.69. The number of carbonyl (C=O) groups excluding carboxylic acids is 2. The number of nitriles is 1. The van der Waals surface area contributed by atoms with Crippen LogP contribution in [-0.4, -0.2) is 36.0 Å². The molecule has 0 rings (SSSR count). The summed E-state index contributed by atoms with van der Waals surface area (Å²) in [5.74, 6) is 0. The van der Waals surface area contributed by atoms with Gasteiger partial charge in [-0.05, 0) is 41.5 Å². The van der Waals surface area contributed by atoms with E-state index in [1.165, 1.54) is 0 Å². The third-order valence-corrected chi connectivity index (χ3v) is 1.95. The molecule has 1 atom stereocenters. The van der Waals surface area contributed by atoms with Gasteiger partial charge in [0.1, 0.15) is 11.2 Å². The molecule has 0 spiro atoms. The standard InChI is InChI=1S/C14H25N3O4/c1-13(2,3)20-11(18)16-9-10(7-8-15)17-12(19)21-14(4,5)6/h10H,7,9H2,1-6H3,(H,16,18)(H,17,19). The summed E-state index contributed by atoms with van der Waals surface area (Å²) in [5.41, 5.74) is -1.23. The maximum atomic E-state index is 11.6. The fourth-order valence-electron chi connectivity index (χ4n) is 1.28. The molecule has 0 bridgehead atoms. The van der Waals surface area contributed by atoms with Crippen molar-refractivity contribution < 1.29 is 19.1 Å². The molecule has 0 saturated heterocycles. The van der Waals surface area contributed by atoms with Crippen molar-refractivity contribution in [2.45, 2.75) is 65.2 Å². The molecule has 0 aromatic carbocycles. The molecule has 7 nitrogen and oxygen atoms in total. The number of rotatable bonds is 4. The van der Waals surface area contributed by atoms with Gasteiger partial charge >= 0.3 is 12.2 Å². The Hall–Kier alpha value is -1.97. The lowest BCUT2D eigenvalue weighted by Gasteiger charge is -2.24. The topological polar surface area (TPSA) is 100 Å². The zero-order valence-corrected chi connectivity index (χ0v) is 13.6. The van der Waals surface area contributed by atoms with Crippen LogP contribution in [0.5, 0.6) is 0 Å². The molecular formula is C14H25N3O4. The molecule has 0 aliphatic heterocycles. The molecule has 0 aliphatic rings. The van der Waals surface area contributed by atoms with Crippen molar-refractivity contribution in [2.75, 3.05) is 6.54 Å². The number of alkyl carbamates (subject to hydrolysis) is 2. The largest absolute Gasteiger partial charge is 0.444 e. The zero-order valence-electron chi connectivity index (χ0n) is 13.6. The SMILES string of the molecule is CC(C)(C)OC(=O)NCC(CC#N)NC(=O)OC(C)(C)C. The number of ether oxygens (including phenoxy) is 2. The first-order valence-corrected chi connectivity index (χ1v) is 6.76. The number of nitrogens with zero attached hydrogens (tertiary/aromatic N) is 1. The van der Waals surface area contributed by atoms with E-state index in [4.69, 9.17) is 14.7 Å². The molecule has 2 N–H and O–H groups in total. The molecule has 2 amide bonds. The van der Waals surface area contributed by atoms with Crippen molar-refractivity contribution in [1.82, 2.24) is 10.6 Å². The molecule has 0 fully saturated rings. The predicted molar refractivity (Wildman–Crippen MR) is 77.6 cm³/mol. The highest BCUT2D eigenvalue weighted by Gasteiger charge is 2.21. The van der Waals surface area contributed by atoms with Crippen LogP contribution in [0.1, 0.15) is 48.0 Å². The van der Waals surface area contributed by atoms with Crippen LogP contribution in [0.25, 0.3) is 0 Å². The smallest absolute Gasteiger partial charge is 0.407 e. The molecular weight excluding hydrogens is 274 g/mol. The van der Waals surface area contributed by atoms with Gasteiger partial charge in [-0.15, -0.1) is 0 Å². The van der Waals surface area contributed by atoms with E-state index in [2.05, 4.69) is 10.6 Å². The summed E-state index contributed by atoms with van der Waals surface area (Å²) in [7, 11) is 0. The average molecular weight is 299 g/mol. The maximum absolute atomic E-state index is 11.6. The van der Waals surface area contributed by atoms with E-state index in [0.29, 0.717) is 0 Å². The number of hydrogen-bond donors (Lipinski definition) is 2. The van der Waals surface area contributed by atoms with Crippen LogP contribution in [0.3, 0.4) is 0 Å². The monoisotopic (exact) mass is 299 g/mol. The Morgan fingerprint density at radius 3 is 1.95 bits per heavy atom. The average Bonchev–Trinajstić information content (AvgIpc) is 2.21. The van der Waals surface area contributed by atoms with Gasteiger partial charge in [-0.3, -0.25) is 0 Å². The molecule has 0 saturated carbocycles. The van der Waals surface area contributed by atoms with E-state index in [1.54, 1.807) is 41.5 Å². The molecule has 0 aromatic heterocycles. The van der Waals surface area contributed by atoms with E-state index in [-0.39, 0.29) is 13.0 Å². The number of nitrogens with one attached hydrogen (secondary N) is 2. The fraction of sp³-hybridized carbons (Fsp3) is 0.786. The first-order chi connectivity index (χ1) is 9.43. The summed E-state index contributed by atoms with van der Waals surface area (Å²) in [6.07, 6.45) is -1.18. The third-order valence-electron chi connectivity index (χ3n) is 1.95. The summed E-state index contributed by atoms with van der Waals surface area (Å²) < 4.78 is 10.2. The first-order valence-electron chi connectivity index (χ1n) is 6.76. The van der Waals surface area contributed by atoms with E-state index >= 15 is 0 Å². The minimum atomic E-state index is -0.631. The fourth-order valence-corrected chi connectivity index (χ4v) is 1.28. The Morgan fingerprint density at radius 2 is 1.52 bits per heavy atom. The Bertz CT molecular complexity index is 402. The highest BCUT2D eigenvalue weighted by atomic mass is 16.6. The van der Waals surface area contributed by atoms with Gasteiger partial charge in [0.05, 0.1) is 18.5 Å². The summed E-state index contributed by atoms with van der Waals surface area (Å²) in [6.45, 7) is 10.6. The van der Waals surface area contributed by atoms with Gasteiger partial charge in [0.2, 0.25) is 0 Å². The quantitative estimate of drug-likeness (QED) is 0.829. The van der Waals surface area contributed by atoms with Crippen LogP contribution in [0.2, 0.25) is 0 Å². The first kappa shape index (κ1) is 19.0. The van der Waals surface area contributed by atoms with Gasteiger partial charge in [-0.1, -0.05) is 0 Å². The number of hydrogen-bond acceptors (Lipinski definition) is 5. The van der Waals surface area contributed by atoms with Gasteiger partial charge in [0.25, 0.3) is 0 Å². The van der Waals surface area contributed by atoms with Crippen LogP contribution in [0.4, 0.5) is 9.59 Å². The second-order valence-corrected chi connectivity index (χ2v) is 6.59. The predicted octanol–water partition coefficient (Wildman–Crippen LogP) is 2.32. The van der Waals surface area contributed by atoms with E-state index in [9.17, 15) is 9.59 Å². The normalized spacial score (nSPS) is 12.8. The Morgan fingerprint density at radius 1 is 1.05 bits per heavy atom. The summed E-state index contributed by atoms with van der Waals surface area (Å²) in [6, 6.07) is 1.40. The summed E-state index contributed by atoms with van der Waals surface area (Å²) in [4.78, 5) is 23.2. The lowest BCUT2D eigenvalue weighted by molar-refractivity contribution is 0.0464. The van der Waals surface area contributed by atoms with Gasteiger partial charge < -0.3 is 20.1 Å². The highest BCUT2D eigenvalue weighted by Crippen LogP contribution is 2.08. The van der Waals surface area contributed by atoms with Gasteiger partial charge in [-0.25, -0.2) is 9.59 Å². The Balaban J connectivity index is 4.35. The van der Waals surface area contributed by atoms with Crippen molar-refractivity contribution >= 4 is 12.2 Å². The molecule has 0 aliphatic carbocycles. The molecule has 1 unspecified atom stereocenters. The second kappa shape index (κ2) is 7.72. The lowest BCUT2D eigenvalue weighted by Crippen LogP contribution is -2.46. The van der Waals surface area contributed by atoms with Gasteiger partial charge in [0.15, 0.2) is 0 Å². The summed E-state index contributed by atoms with van der Waals surface area (Å²) >= 11 is 0. The summed E-state index contributed by atoms with van der Waals surface area (Å²) in [5, 5.41) is 13.8. The molecule has 7 heteroatoms. The van der Waals surface area contributed by atoms with Gasteiger partial charge in [-0.2, -0.15) is 5.26 Å². The minimum Gasteiger partial charge on any atom is -0.444 e. The third kappa shape index (κ3) is 11.5. The number of carbonyl (C=O) groups is 2. The van der Waals surface area contributed by atoms with Gasteiger partial charge in [0, 0.05) is 6.54 Å². The van der Waals surface area contributed by atoms with Crippen LogP contribution >= 0.6 is 0 Å². The molecule has 120 valence electrons. The Labute approximate surface area is 126 Å². The van der Waals surface area contributed by atoms with Crippen LogP contribution < -0.4 is 10.6 Å². The molecule has 0 aromatic rings. The van der Waals surface area contributed by atoms with Crippen molar-refractivity contribution in [1.29, 1.82) is 5.26 Å². The Kier molecular flexibility index (Phi) is 6.99. The van der Waals surface area contributed by atoms with Crippen molar-refractivity contribution in [3.63, 3.8) is 0 Å². The van der Waals surface area contributed by atoms with Crippen LogP contribution in [0.15, 0.2) is 0 Å². The van der Waals surface area contributed by atoms with Crippen molar-refractivity contribution in [3.8, 4) is 6.07 Å². The number of amides is 2. The van der Waals surface area contributed by atoms with E-state index < -0.39 is 29.4 Å². The van der Waals surface area contributed by atoms with Crippen molar-refractivity contribution in [3.05, 3.63) is 0 Å². The molecule has 0 heterocycles. The maximum Gasteiger partial charge on any atom is 0.407 e. The van der Waals surface area contributed by atoms with Crippen LogP contribution in [-0.2, 0) is 9.47 Å². The minimum absolute atomic E-state index is 0.0506. The molecule has 0 radical (unpaired) electrons.